The molecule has 1 aliphatic rings. The van der Waals surface area contributed by atoms with Crippen LogP contribution < -0.4 is 4.74 Å². The van der Waals surface area contributed by atoms with Gasteiger partial charge in [-0.25, -0.2) is 4.98 Å². The molecule has 1 aromatic carbocycles. The van der Waals surface area contributed by atoms with E-state index in [1.54, 1.807) is 6.07 Å². The number of nitrogens with zero attached hydrogens (tertiary/aromatic N) is 4. The summed E-state index contributed by atoms with van der Waals surface area (Å²) in [6.07, 6.45) is 1.71. The summed E-state index contributed by atoms with van der Waals surface area (Å²) in [5.41, 5.74) is 2.35. The summed E-state index contributed by atoms with van der Waals surface area (Å²) in [5.74, 6) is 0.495. The largest absolute Gasteiger partial charge is 0.474 e. The molecule has 26 heavy (non-hydrogen) atoms. The summed E-state index contributed by atoms with van der Waals surface area (Å²) in [7, 11) is 0. The summed E-state index contributed by atoms with van der Waals surface area (Å²) in [4.78, 5) is 4.41. The number of hydrogen-bond acceptors (Lipinski definition) is 5. The van der Waals surface area contributed by atoms with Crippen LogP contribution in [0.15, 0.2) is 36.4 Å². The predicted octanol–water partition coefficient (Wildman–Crippen LogP) is 3.51. The Bertz CT molecular complexity index is 959. The van der Waals surface area contributed by atoms with Crippen LogP contribution in [0.1, 0.15) is 24.1 Å². The molecular weight excluding hydrogens is 443 g/mol. The minimum atomic E-state index is 0.0571. The number of hydrogen-bond donors (Lipinski definition) is 0. The van der Waals surface area contributed by atoms with E-state index in [0.29, 0.717) is 31.3 Å². The molecule has 0 atom stereocenters. The van der Waals surface area contributed by atoms with Crippen LogP contribution in [-0.4, -0.2) is 34.1 Å². The lowest BCUT2D eigenvalue weighted by molar-refractivity contribution is 0.0244. The van der Waals surface area contributed by atoms with Crippen LogP contribution in [0.2, 0.25) is 0 Å². The number of ether oxygens (including phenoxy) is 2. The van der Waals surface area contributed by atoms with Gasteiger partial charge in [-0.15, -0.1) is 0 Å². The molecule has 4 rings (SSSR count). The van der Waals surface area contributed by atoms with Gasteiger partial charge in [0.1, 0.15) is 21.6 Å². The van der Waals surface area contributed by atoms with E-state index >= 15 is 0 Å². The fourth-order valence-corrected chi connectivity index (χ4v) is 3.85. The fraction of sp³-hybridized carbons (Fsp3) is 0.316. The highest BCUT2D eigenvalue weighted by Crippen LogP contribution is 2.31. The number of nitriles is 1. The molecule has 0 N–H and O–H groups in total. The standard InChI is InChI=1S/C19H17IN4O2/c20-18-17-16(24(23-18)12-13-4-2-1-3-5-13)10-14(11-21)22-19(17)26-15-6-8-25-9-7-15/h1-5,10,15H,6-9,12H2. The molecule has 1 fully saturated rings. The molecule has 0 spiro atoms. The van der Waals surface area contributed by atoms with Crippen LogP contribution in [0.3, 0.4) is 0 Å². The van der Waals surface area contributed by atoms with E-state index in [0.717, 1.165) is 33.0 Å². The van der Waals surface area contributed by atoms with Crippen LogP contribution in [0.5, 0.6) is 5.88 Å². The van der Waals surface area contributed by atoms with E-state index < -0.39 is 0 Å². The van der Waals surface area contributed by atoms with Crippen molar-refractivity contribution in [3.05, 3.63) is 51.4 Å². The average Bonchev–Trinajstić information content (AvgIpc) is 2.99. The molecule has 7 heteroatoms. The van der Waals surface area contributed by atoms with Gasteiger partial charge in [0.2, 0.25) is 5.88 Å². The smallest absolute Gasteiger partial charge is 0.227 e. The fourth-order valence-electron chi connectivity index (χ4n) is 3.09. The summed E-state index contributed by atoms with van der Waals surface area (Å²) in [6.45, 7) is 2.01. The lowest BCUT2D eigenvalue weighted by atomic mass is 10.1. The second kappa shape index (κ2) is 7.60. The van der Waals surface area contributed by atoms with Crippen LogP contribution in [0, 0.1) is 15.0 Å². The zero-order chi connectivity index (χ0) is 17.9. The summed E-state index contributed by atoms with van der Waals surface area (Å²) in [5, 5.41) is 14.9. The van der Waals surface area contributed by atoms with Crippen molar-refractivity contribution < 1.29 is 9.47 Å². The maximum absolute atomic E-state index is 9.40. The number of benzene rings is 1. The normalized spacial score (nSPS) is 15.1. The van der Waals surface area contributed by atoms with E-state index in [-0.39, 0.29) is 6.10 Å². The Labute approximate surface area is 164 Å². The highest BCUT2D eigenvalue weighted by atomic mass is 127. The average molecular weight is 460 g/mol. The second-order valence-corrected chi connectivity index (χ2v) is 7.20. The van der Waals surface area contributed by atoms with Gasteiger partial charge < -0.3 is 9.47 Å². The SMILES string of the molecule is N#Cc1cc2c(c(I)nn2Cc2ccccc2)c(OC2CCOCC2)n1. The maximum Gasteiger partial charge on any atom is 0.227 e. The first-order valence-electron chi connectivity index (χ1n) is 8.50. The van der Waals surface area contributed by atoms with Crippen LogP contribution in [-0.2, 0) is 11.3 Å². The van der Waals surface area contributed by atoms with Gasteiger partial charge in [-0.05, 0) is 28.2 Å². The lowest BCUT2D eigenvalue weighted by Crippen LogP contribution is -2.26. The van der Waals surface area contributed by atoms with Gasteiger partial charge in [-0.1, -0.05) is 30.3 Å². The Morgan fingerprint density at radius 3 is 2.77 bits per heavy atom. The van der Waals surface area contributed by atoms with Crippen molar-refractivity contribution in [1.82, 2.24) is 14.8 Å². The van der Waals surface area contributed by atoms with Crippen molar-refractivity contribution in [2.45, 2.75) is 25.5 Å². The number of rotatable bonds is 4. The molecule has 1 aliphatic heterocycles. The van der Waals surface area contributed by atoms with Crippen LogP contribution in [0.4, 0.5) is 0 Å². The third kappa shape index (κ3) is 3.52. The molecule has 6 nitrogen and oxygen atoms in total. The second-order valence-electron chi connectivity index (χ2n) is 6.18. The third-order valence-corrected chi connectivity index (χ3v) is 5.15. The molecule has 0 unspecified atom stereocenters. The minimum Gasteiger partial charge on any atom is -0.474 e. The molecule has 0 amide bonds. The molecule has 3 heterocycles. The molecule has 0 saturated carbocycles. The molecular formula is C19H17IN4O2. The van der Waals surface area contributed by atoms with Crippen molar-refractivity contribution in [2.24, 2.45) is 0 Å². The summed E-state index contributed by atoms with van der Waals surface area (Å²) < 4.78 is 14.3. The monoisotopic (exact) mass is 460 g/mol. The quantitative estimate of drug-likeness (QED) is 0.558. The van der Waals surface area contributed by atoms with Gasteiger partial charge in [0.15, 0.2) is 0 Å². The van der Waals surface area contributed by atoms with E-state index in [1.807, 2.05) is 22.9 Å². The first kappa shape index (κ1) is 17.2. The van der Waals surface area contributed by atoms with E-state index in [4.69, 9.17) is 9.47 Å². The Hall–Kier alpha value is -2.18. The lowest BCUT2D eigenvalue weighted by Gasteiger charge is -2.23. The number of pyridine rings is 1. The number of fused-ring (bicyclic) bond motifs is 1. The first-order valence-corrected chi connectivity index (χ1v) is 9.58. The Balaban J connectivity index is 1.76. The van der Waals surface area contributed by atoms with E-state index in [9.17, 15) is 5.26 Å². The first-order chi connectivity index (χ1) is 12.7. The maximum atomic E-state index is 9.40. The van der Waals surface area contributed by atoms with Gasteiger partial charge in [-0.3, -0.25) is 4.68 Å². The minimum absolute atomic E-state index is 0.0571. The van der Waals surface area contributed by atoms with Gasteiger partial charge in [-0.2, -0.15) is 10.4 Å². The third-order valence-electron chi connectivity index (χ3n) is 4.39. The van der Waals surface area contributed by atoms with E-state index in [2.05, 4.69) is 50.9 Å². The highest BCUT2D eigenvalue weighted by Gasteiger charge is 2.22. The van der Waals surface area contributed by atoms with Crippen molar-refractivity contribution in [1.29, 1.82) is 5.26 Å². The highest BCUT2D eigenvalue weighted by molar-refractivity contribution is 14.1. The number of aromatic nitrogens is 3. The van der Waals surface area contributed by atoms with Crippen LogP contribution in [0.25, 0.3) is 10.9 Å². The molecule has 0 bridgehead atoms. The van der Waals surface area contributed by atoms with Gasteiger partial charge >= 0.3 is 0 Å². The van der Waals surface area contributed by atoms with Crippen molar-refractivity contribution in [3.63, 3.8) is 0 Å². The predicted molar refractivity (Wildman–Crippen MR) is 105 cm³/mol. The van der Waals surface area contributed by atoms with Crippen LogP contribution >= 0.6 is 22.6 Å². The molecule has 1 saturated heterocycles. The topological polar surface area (TPSA) is 73.0 Å². The zero-order valence-electron chi connectivity index (χ0n) is 14.1. The zero-order valence-corrected chi connectivity index (χ0v) is 16.2. The molecule has 0 aliphatic carbocycles. The number of halogens is 1. The molecule has 3 aromatic rings. The Kier molecular flexibility index (Phi) is 5.04. The summed E-state index contributed by atoms with van der Waals surface area (Å²) >= 11 is 2.21. The van der Waals surface area contributed by atoms with Crippen molar-refractivity contribution >= 4 is 33.5 Å². The Morgan fingerprint density at radius 1 is 1.27 bits per heavy atom. The van der Waals surface area contributed by atoms with Crippen molar-refractivity contribution in [2.75, 3.05) is 13.2 Å². The van der Waals surface area contributed by atoms with Crippen molar-refractivity contribution in [3.8, 4) is 11.9 Å². The van der Waals surface area contributed by atoms with Gasteiger partial charge in [0.05, 0.1) is 30.7 Å². The Morgan fingerprint density at radius 2 is 2.04 bits per heavy atom. The molecule has 2 aromatic heterocycles. The summed E-state index contributed by atoms with van der Waals surface area (Å²) in [6, 6.07) is 14.1. The van der Waals surface area contributed by atoms with Gasteiger partial charge in [0, 0.05) is 18.9 Å². The van der Waals surface area contributed by atoms with E-state index in [1.165, 1.54) is 0 Å². The molecule has 132 valence electrons. The molecule has 0 radical (unpaired) electrons. The van der Waals surface area contributed by atoms with Gasteiger partial charge in [0.25, 0.3) is 0 Å².